The van der Waals surface area contributed by atoms with Crippen molar-refractivity contribution in [1.29, 1.82) is 0 Å². The molecule has 0 aromatic rings. The van der Waals surface area contributed by atoms with Gasteiger partial charge in [0.05, 0.1) is 0 Å². The van der Waals surface area contributed by atoms with E-state index in [4.69, 9.17) is 10.8 Å². The number of hydrogen-bond donors (Lipinski definition) is 3. The van der Waals surface area contributed by atoms with Gasteiger partial charge in [-0.2, -0.15) is 0 Å². The lowest BCUT2D eigenvalue weighted by Gasteiger charge is -2.14. The summed E-state index contributed by atoms with van der Waals surface area (Å²) in [5.74, 6) is -2.29. The summed E-state index contributed by atoms with van der Waals surface area (Å²) in [7, 11) is 0. The minimum Gasteiger partial charge on any atom is -0.352 e. The van der Waals surface area contributed by atoms with Crippen LogP contribution in [0.15, 0.2) is 11.8 Å². The molecule has 0 aromatic heterocycles. The van der Waals surface area contributed by atoms with Crippen molar-refractivity contribution in [3.05, 3.63) is 11.8 Å². The van der Waals surface area contributed by atoms with E-state index in [2.05, 4.69) is 5.32 Å². The van der Waals surface area contributed by atoms with Crippen molar-refractivity contribution in [2.75, 3.05) is 0 Å². The highest BCUT2D eigenvalue weighted by molar-refractivity contribution is 6.02. The number of hydrogen-bond acceptors (Lipinski definition) is 4. The standard InChI is InChI=1S/C6H10N2O2/c1-2-4-3-8-6(7,10)5(4)9/h3,8,10H,2,7H2,1H3. The SMILES string of the molecule is CCC1=CNC(N)(O)C1=O. The molecule has 0 spiro atoms. The molecule has 1 aliphatic rings. The van der Waals surface area contributed by atoms with Crippen molar-refractivity contribution < 1.29 is 9.90 Å². The Hall–Kier alpha value is -0.870. The van der Waals surface area contributed by atoms with Gasteiger partial charge in [-0.15, -0.1) is 0 Å². The minimum atomic E-state index is -1.86. The van der Waals surface area contributed by atoms with Gasteiger partial charge in [0.15, 0.2) is 0 Å². The van der Waals surface area contributed by atoms with Crippen LogP contribution >= 0.6 is 0 Å². The van der Waals surface area contributed by atoms with E-state index in [0.29, 0.717) is 12.0 Å². The predicted molar refractivity (Wildman–Crippen MR) is 35.7 cm³/mol. The molecule has 1 unspecified atom stereocenters. The highest BCUT2D eigenvalue weighted by Crippen LogP contribution is 2.13. The summed E-state index contributed by atoms with van der Waals surface area (Å²) in [6, 6.07) is 0. The average Bonchev–Trinajstić information content (AvgIpc) is 2.10. The Kier molecular flexibility index (Phi) is 1.50. The molecule has 10 heavy (non-hydrogen) atoms. The van der Waals surface area contributed by atoms with Crippen LogP contribution in [-0.2, 0) is 4.79 Å². The molecular weight excluding hydrogens is 132 g/mol. The molecule has 4 heteroatoms. The Morgan fingerprint density at radius 2 is 2.50 bits per heavy atom. The minimum absolute atomic E-state index is 0.435. The number of Topliss-reactive ketones (excluding diaryl/α,β-unsaturated/α-hetero) is 1. The Bertz CT molecular complexity index is 196. The maximum Gasteiger partial charge on any atom is 0.256 e. The van der Waals surface area contributed by atoms with Gasteiger partial charge < -0.3 is 10.4 Å². The Morgan fingerprint density at radius 3 is 2.70 bits per heavy atom. The van der Waals surface area contributed by atoms with Crippen LogP contribution in [0.2, 0.25) is 0 Å². The summed E-state index contributed by atoms with van der Waals surface area (Å²) < 4.78 is 0. The molecule has 1 atom stereocenters. The molecule has 4 N–H and O–H groups in total. The third kappa shape index (κ3) is 0.913. The zero-order chi connectivity index (χ0) is 7.78. The third-order valence-corrected chi connectivity index (χ3v) is 1.49. The molecule has 0 fully saturated rings. The molecule has 1 heterocycles. The van der Waals surface area contributed by atoms with Gasteiger partial charge in [-0.05, 0) is 6.42 Å². The molecular formula is C6H10N2O2. The second-order valence-corrected chi connectivity index (χ2v) is 2.26. The molecule has 0 aliphatic carbocycles. The second-order valence-electron chi connectivity index (χ2n) is 2.26. The predicted octanol–water partition coefficient (Wildman–Crippen LogP) is -0.943. The first-order valence-electron chi connectivity index (χ1n) is 3.10. The summed E-state index contributed by atoms with van der Waals surface area (Å²) in [4.78, 5) is 11.0. The molecule has 0 radical (unpaired) electrons. The fourth-order valence-electron chi connectivity index (χ4n) is 0.836. The lowest BCUT2D eigenvalue weighted by atomic mass is 10.1. The topological polar surface area (TPSA) is 75.3 Å². The molecule has 1 aliphatic heterocycles. The Labute approximate surface area is 58.7 Å². The quantitative estimate of drug-likeness (QED) is 0.413. The van der Waals surface area contributed by atoms with Gasteiger partial charge in [0.25, 0.3) is 5.85 Å². The Morgan fingerprint density at radius 1 is 1.90 bits per heavy atom. The van der Waals surface area contributed by atoms with Crippen LogP contribution in [0.5, 0.6) is 0 Å². The van der Waals surface area contributed by atoms with Crippen molar-refractivity contribution in [2.24, 2.45) is 5.73 Å². The molecule has 0 aromatic carbocycles. The van der Waals surface area contributed by atoms with E-state index in [9.17, 15) is 4.79 Å². The van der Waals surface area contributed by atoms with Crippen molar-refractivity contribution in [3.8, 4) is 0 Å². The normalized spacial score (nSPS) is 31.9. The van der Waals surface area contributed by atoms with Gasteiger partial charge in [0.1, 0.15) is 0 Å². The van der Waals surface area contributed by atoms with Crippen molar-refractivity contribution in [3.63, 3.8) is 0 Å². The van der Waals surface area contributed by atoms with Crippen molar-refractivity contribution in [2.45, 2.75) is 19.2 Å². The largest absolute Gasteiger partial charge is 0.352 e. The number of carbonyl (C=O) groups is 1. The zero-order valence-electron chi connectivity index (χ0n) is 5.72. The number of aliphatic hydroxyl groups is 1. The van der Waals surface area contributed by atoms with Crippen molar-refractivity contribution >= 4 is 5.78 Å². The van der Waals surface area contributed by atoms with Crippen LogP contribution in [0.1, 0.15) is 13.3 Å². The van der Waals surface area contributed by atoms with E-state index in [1.165, 1.54) is 6.20 Å². The van der Waals surface area contributed by atoms with Gasteiger partial charge in [-0.1, -0.05) is 6.92 Å². The number of nitrogens with one attached hydrogen (secondary N) is 1. The van der Waals surface area contributed by atoms with Gasteiger partial charge in [0, 0.05) is 11.8 Å². The lowest BCUT2D eigenvalue weighted by Crippen LogP contribution is -2.54. The highest BCUT2D eigenvalue weighted by atomic mass is 16.3. The number of ketones is 1. The van der Waals surface area contributed by atoms with Gasteiger partial charge in [-0.3, -0.25) is 10.5 Å². The molecule has 0 saturated heterocycles. The van der Waals surface area contributed by atoms with Crippen LogP contribution in [0.4, 0.5) is 0 Å². The van der Waals surface area contributed by atoms with Gasteiger partial charge >= 0.3 is 0 Å². The fraction of sp³-hybridized carbons (Fsp3) is 0.500. The summed E-state index contributed by atoms with van der Waals surface area (Å²) >= 11 is 0. The maximum absolute atomic E-state index is 11.0. The molecule has 0 amide bonds. The van der Waals surface area contributed by atoms with Crippen LogP contribution in [0.25, 0.3) is 0 Å². The number of rotatable bonds is 1. The first kappa shape index (κ1) is 7.24. The van der Waals surface area contributed by atoms with E-state index >= 15 is 0 Å². The molecule has 4 nitrogen and oxygen atoms in total. The van der Waals surface area contributed by atoms with E-state index < -0.39 is 11.6 Å². The third-order valence-electron chi connectivity index (χ3n) is 1.49. The van der Waals surface area contributed by atoms with Gasteiger partial charge in [-0.25, -0.2) is 0 Å². The van der Waals surface area contributed by atoms with E-state index in [1.54, 1.807) is 0 Å². The maximum atomic E-state index is 11.0. The van der Waals surface area contributed by atoms with E-state index in [1.807, 2.05) is 6.92 Å². The lowest BCUT2D eigenvalue weighted by molar-refractivity contribution is -0.133. The highest BCUT2D eigenvalue weighted by Gasteiger charge is 2.36. The first-order chi connectivity index (χ1) is 4.58. The van der Waals surface area contributed by atoms with E-state index in [0.717, 1.165) is 0 Å². The van der Waals surface area contributed by atoms with E-state index in [-0.39, 0.29) is 0 Å². The first-order valence-corrected chi connectivity index (χ1v) is 3.10. The fourth-order valence-corrected chi connectivity index (χ4v) is 0.836. The summed E-state index contributed by atoms with van der Waals surface area (Å²) in [5, 5.41) is 11.4. The molecule has 0 saturated carbocycles. The number of nitrogens with two attached hydrogens (primary N) is 1. The summed E-state index contributed by atoms with van der Waals surface area (Å²) in [5.41, 5.74) is 5.66. The smallest absolute Gasteiger partial charge is 0.256 e. The van der Waals surface area contributed by atoms with Crippen molar-refractivity contribution in [1.82, 2.24) is 5.32 Å². The van der Waals surface area contributed by atoms with Gasteiger partial charge in [0.2, 0.25) is 5.78 Å². The second kappa shape index (κ2) is 2.07. The molecule has 1 rings (SSSR count). The van der Waals surface area contributed by atoms with Crippen LogP contribution < -0.4 is 11.1 Å². The summed E-state index contributed by atoms with van der Waals surface area (Å²) in [6.07, 6.45) is 2.04. The van der Waals surface area contributed by atoms with Crippen LogP contribution in [0, 0.1) is 0 Å². The monoisotopic (exact) mass is 142 g/mol. The zero-order valence-corrected chi connectivity index (χ0v) is 5.72. The Balaban J connectivity index is 2.80. The number of carbonyl (C=O) groups excluding carboxylic acids is 1. The molecule has 0 bridgehead atoms. The summed E-state index contributed by atoms with van der Waals surface area (Å²) in [6.45, 7) is 1.83. The van der Waals surface area contributed by atoms with Crippen LogP contribution in [0.3, 0.4) is 0 Å². The van der Waals surface area contributed by atoms with Crippen LogP contribution in [-0.4, -0.2) is 16.7 Å². The average molecular weight is 142 g/mol. The molecule has 56 valence electrons.